The van der Waals surface area contributed by atoms with E-state index in [1.54, 1.807) is 13.1 Å². The molecular formula is C31H38N4O3. The van der Waals surface area contributed by atoms with Crippen LogP contribution in [0.15, 0.2) is 73.1 Å². The number of aromatic nitrogens is 1. The Bertz CT molecular complexity index is 1170. The molecule has 0 saturated carbocycles. The van der Waals surface area contributed by atoms with Crippen LogP contribution in [0.3, 0.4) is 0 Å². The van der Waals surface area contributed by atoms with Gasteiger partial charge in [0.1, 0.15) is 12.4 Å². The summed E-state index contributed by atoms with van der Waals surface area (Å²) in [6.07, 6.45) is 9.23. The Kier molecular flexibility index (Phi) is 10.3. The van der Waals surface area contributed by atoms with Crippen LogP contribution in [0.25, 0.3) is 0 Å². The van der Waals surface area contributed by atoms with Gasteiger partial charge in [-0.25, -0.2) is 0 Å². The molecule has 7 heteroatoms. The highest BCUT2D eigenvalue weighted by atomic mass is 16.5. The normalized spacial score (nSPS) is 15.0. The van der Waals surface area contributed by atoms with E-state index in [9.17, 15) is 9.59 Å². The number of hydrogen-bond donors (Lipinski definition) is 1. The van der Waals surface area contributed by atoms with E-state index in [1.807, 2.05) is 65.7 Å². The number of hydrogen-bond acceptors (Lipinski definition) is 5. The van der Waals surface area contributed by atoms with Crippen molar-refractivity contribution in [3.63, 3.8) is 0 Å². The van der Waals surface area contributed by atoms with Crippen LogP contribution in [0.4, 0.5) is 5.69 Å². The molecule has 0 aliphatic carbocycles. The summed E-state index contributed by atoms with van der Waals surface area (Å²) in [5.74, 6) is 0.653. The average Bonchev–Trinajstić information content (AvgIpc) is 2.93. The molecule has 0 radical (unpaired) electrons. The molecule has 1 N–H and O–H groups in total. The molecule has 200 valence electrons. The Morgan fingerprint density at radius 1 is 0.947 bits per heavy atom. The van der Waals surface area contributed by atoms with E-state index in [0.717, 1.165) is 54.9 Å². The largest absolute Gasteiger partial charge is 0.492 e. The maximum Gasteiger partial charge on any atom is 0.251 e. The van der Waals surface area contributed by atoms with Crippen LogP contribution in [0.1, 0.15) is 60.5 Å². The van der Waals surface area contributed by atoms with Gasteiger partial charge in [-0.2, -0.15) is 0 Å². The third-order valence-electron chi connectivity index (χ3n) is 6.79. The summed E-state index contributed by atoms with van der Waals surface area (Å²) in [6.45, 7) is 5.45. The van der Waals surface area contributed by atoms with Gasteiger partial charge in [-0.3, -0.25) is 19.5 Å². The molecule has 0 unspecified atom stereocenters. The van der Waals surface area contributed by atoms with Crippen LogP contribution in [0.2, 0.25) is 0 Å². The quantitative estimate of drug-likeness (QED) is 0.438. The Morgan fingerprint density at radius 3 is 2.50 bits per heavy atom. The Hall–Kier alpha value is -3.71. The number of ether oxygens (including phenoxy) is 1. The summed E-state index contributed by atoms with van der Waals surface area (Å²) in [5.41, 5.74) is 3.60. The van der Waals surface area contributed by atoms with Crippen molar-refractivity contribution in [2.45, 2.75) is 52.1 Å². The smallest absolute Gasteiger partial charge is 0.251 e. The lowest BCUT2D eigenvalue weighted by Gasteiger charge is -2.29. The van der Waals surface area contributed by atoms with Crippen LogP contribution in [0.5, 0.6) is 5.75 Å². The number of nitrogens with one attached hydrogen (secondary N) is 1. The van der Waals surface area contributed by atoms with Crippen molar-refractivity contribution in [2.24, 2.45) is 0 Å². The van der Waals surface area contributed by atoms with Crippen molar-refractivity contribution >= 4 is 17.5 Å². The fourth-order valence-corrected chi connectivity index (χ4v) is 4.86. The minimum Gasteiger partial charge on any atom is -0.492 e. The van der Waals surface area contributed by atoms with Crippen molar-refractivity contribution < 1.29 is 14.3 Å². The number of carbonyl (C=O) groups is 2. The van der Waals surface area contributed by atoms with Gasteiger partial charge >= 0.3 is 0 Å². The number of anilines is 1. The van der Waals surface area contributed by atoms with Gasteiger partial charge in [0.15, 0.2) is 0 Å². The molecule has 2 aromatic carbocycles. The fourth-order valence-electron chi connectivity index (χ4n) is 4.86. The van der Waals surface area contributed by atoms with E-state index in [2.05, 4.69) is 21.3 Å². The third-order valence-corrected chi connectivity index (χ3v) is 6.79. The number of fused-ring (bicyclic) bond motifs is 1. The Morgan fingerprint density at radius 2 is 1.74 bits per heavy atom. The first kappa shape index (κ1) is 27.3. The predicted octanol–water partition coefficient (Wildman–Crippen LogP) is 5.21. The van der Waals surface area contributed by atoms with Gasteiger partial charge in [-0.15, -0.1) is 0 Å². The van der Waals surface area contributed by atoms with Crippen molar-refractivity contribution in [3.8, 4) is 5.75 Å². The second-order valence-electron chi connectivity index (χ2n) is 9.77. The molecule has 2 heterocycles. The lowest BCUT2D eigenvalue weighted by molar-refractivity contribution is -0.116. The molecule has 7 nitrogen and oxygen atoms in total. The predicted molar refractivity (Wildman–Crippen MR) is 150 cm³/mol. The molecule has 0 fully saturated rings. The van der Waals surface area contributed by atoms with E-state index in [0.29, 0.717) is 31.8 Å². The van der Waals surface area contributed by atoms with Gasteiger partial charge in [-0.1, -0.05) is 43.5 Å². The SMILES string of the molecule is CC(=O)N1CCCCCCCN(Cc2cccnc2)Cc2cc(C(=O)NCCOc3ccccc3)ccc21. The maximum atomic E-state index is 13.0. The molecule has 1 aliphatic heterocycles. The second-order valence-corrected chi connectivity index (χ2v) is 9.77. The summed E-state index contributed by atoms with van der Waals surface area (Å²) in [7, 11) is 0. The zero-order valence-corrected chi connectivity index (χ0v) is 22.3. The number of para-hydroxylation sites is 1. The highest BCUT2D eigenvalue weighted by Gasteiger charge is 2.20. The number of benzene rings is 2. The summed E-state index contributed by atoms with van der Waals surface area (Å²) in [6, 6.07) is 19.3. The Labute approximate surface area is 225 Å². The molecule has 0 bridgehead atoms. The van der Waals surface area contributed by atoms with E-state index >= 15 is 0 Å². The molecular weight excluding hydrogens is 476 g/mol. The van der Waals surface area contributed by atoms with Gasteiger partial charge in [0.25, 0.3) is 5.91 Å². The highest BCUT2D eigenvalue weighted by Crippen LogP contribution is 2.26. The van der Waals surface area contributed by atoms with Crippen LogP contribution >= 0.6 is 0 Å². The highest BCUT2D eigenvalue weighted by molar-refractivity contribution is 5.97. The van der Waals surface area contributed by atoms with Crippen molar-refractivity contribution in [1.82, 2.24) is 15.2 Å². The van der Waals surface area contributed by atoms with Crippen molar-refractivity contribution in [3.05, 3.63) is 89.7 Å². The molecule has 1 aromatic heterocycles. The maximum absolute atomic E-state index is 13.0. The molecule has 3 aromatic rings. The van der Waals surface area contributed by atoms with Gasteiger partial charge in [-0.05, 0) is 66.9 Å². The number of amides is 2. The van der Waals surface area contributed by atoms with Gasteiger partial charge in [0.05, 0.1) is 6.54 Å². The summed E-state index contributed by atoms with van der Waals surface area (Å²) in [5, 5.41) is 2.96. The molecule has 38 heavy (non-hydrogen) atoms. The average molecular weight is 515 g/mol. The van der Waals surface area contributed by atoms with Crippen LogP contribution in [-0.4, -0.2) is 47.9 Å². The van der Waals surface area contributed by atoms with E-state index in [-0.39, 0.29) is 11.8 Å². The first-order chi connectivity index (χ1) is 18.6. The van der Waals surface area contributed by atoms with Gasteiger partial charge < -0.3 is 15.0 Å². The van der Waals surface area contributed by atoms with Crippen LogP contribution in [-0.2, 0) is 17.9 Å². The zero-order chi connectivity index (χ0) is 26.6. The second kappa shape index (κ2) is 14.3. The minimum absolute atomic E-state index is 0.0254. The van der Waals surface area contributed by atoms with Gasteiger partial charge in [0, 0.05) is 50.2 Å². The lowest BCUT2D eigenvalue weighted by Crippen LogP contribution is -2.33. The zero-order valence-electron chi connectivity index (χ0n) is 22.3. The first-order valence-corrected chi connectivity index (χ1v) is 13.6. The van der Waals surface area contributed by atoms with E-state index < -0.39 is 0 Å². The number of carbonyl (C=O) groups excluding carboxylic acids is 2. The third kappa shape index (κ3) is 8.15. The molecule has 0 saturated heterocycles. The summed E-state index contributed by atoms with van der Waals surface area (Å²) in [4.78, 5) is 34.3. The standard InChI is InChI=1S/C31H38N4O3/c1-25(36)35-19-9-4-2-3-8-18-34(23-26-11-10-16-32-22-26)24-28-21-27(14-15-30(28)35)31(37)33-17-20-38-29-12-6-5-7-13-29/h5-7,10-16,21-22H,2-4,8-9,17-20,23-24H2,1H3,(H,33,37). The summed E-state index contributed by atoms with van der Waals surface area (Å²) >= 11 is 0. The van der Waals surface area contributed by atoms with E-state index in [4.69, 9.17) is 4.74 Å². The molecule has 0 spiro atoms. The van der Waals surface area contributed by atoms with Crippen LogP contribution < -0.4 is 15.0 Å². The first-order valence-electron chi connectivity index (χ1n) is 13.6. The van der Waals surface area contributed by atoms with Gasteiger partial charge in [0.2, 0.25) is 5.91 Å². The number of rotatable bonds is 7. The monoisotopic (exact) mass is 514 g/mol. The number of pyridine rings is 1. The molecule has 1 aliphatic rings. The molecule has 2 amide bonds. The summed E-state index contributed by atoms with van der Waals surface area (Å²) < 4.78 is 5.70. The lowest BCUT2D eigenvalue weighted by atomic mass is 10.0. The van der Waals surface area contributed by atoms with E-state index in [1.165, 1.54) is 12.8 Å². The van der Waals surface area contributed by atoms with Crippen molar-refractivity contribution in [2.75, 3.05) is 31.1 Å². The Balaban J connectivity index is 1.53. The van der Waals surface area contributed by atoms with Crippen molar-refractivity contribution in [1.29, 1.82) is 0 Å². The van der Waals surface area contributed by atoms with Crippen LogP contribution in [0, 0.1) is 0 Å². The number of nitrogens with zero attached hydrogens (tertiary/aromatic N) is 3. The fraction of sp³-hybridized carbons (Fsp3) is 0.387. The minimum atomic E-state index is -0.149. The topological polar surface area (TPSA) is 74.8 Å². The molecule has 0 atom stereocenters. The molecule has 4 rings (SSSR count).